The lowest BCUT2D eigenvalue weighted by molar-refractivity contribution is 0.111. The minimum absolute atomic E-state index is 0.613. The predicted octanol–water partition coefficient (Wildman–Crippen LogP) is 3.75. The molecule has 0 N–H and O–H groups in total. The van der Waals surface area contributed by atoms with Gasteiger partial charge in [-0.2, -0.15) is 0 Å². The number of halogens is 1. The summed E-state index contributed by atoms with van der Waals surface area (Å²) in [5.41, 5.74) is 0.613. The van der Waals surface area contributed by atoms with Crippen LogP contribution in [0.15, 0.2) is 0 Å². The summed E-state index contributed by atoms with van der Waals surface area (Å²) >= 11 is 3.80. The zero-order valence-electron chi connectivity index (χ0n) is 13.0. The standard InChI is InChI=1S/C17H31BrN2/c18-14-17(7-1-2-8-17)15-20-11-5-16(6-12-20)13-19-9-3-4-10-19/h16H,1-15H2. The number of hydrogen-bond acceptors (Lipinski definition) is 2. The molecule has 20 heavy (non-hydrogen) atoms. The van der Waals surface area contributed by atoms with Crippen LogP contribution in [-0.4, -0.2) is 54.4 Å². The number of piperidine rings is 1. The van der Waals surface area contributed by atoms with Crippen LogP contribution in [0.2, 0.25) is 0 Å². The van der Waals surface area contributed by atoms with Crippen LogP contribution in [0.5, 0.6) is 0 Å². The highest BCUT2D eigenvalue weighted by Gasteiger charge is 2.35. The third-order valence-corrected chi connectivity index (χ3v) is 7.12. The van der Waals surface area contributed by atoms with Crippen molar-refractivity contribution in [3.63, 3.8) is 0 Å². The topological polar surface area (TPSA) is 6.48 Å². The smallest absolute Gasteiger partial charge is 0.0100 e. The SMILES string of the molecule is BrCC1(CN2CCC(CN3CCCC3)CC2)CCCC1. The largest absolute Gasteiger partial charge is 0.303 e. The minimum atomic E-state index is 0.613. The summed E-state index contributed by atoms with van der Waals surface area (Å²) in [7, 11) is 0. The van der Waals surface area contributed by atoms with E-state index in [1.807, 2.05) is 0 Å². The fourth-order valence-corrected chi connectivity index (χ4v) is 5.33. The highest BCUT2D eigenvalue weighted by molar-refractivity contribution is 9.09. The van der Waals surface area contributed by atoms with E-state index < -0.39 is 0 Å². The van der Waals surface area contributed by atoms with Gasteiger partial charge in [-0.15, -0.1) is 0 Å². The van der Waals surface area contributed by atoms with Gasteiger partial charge >= 0.3 is 0 Å². The van der Waals surface area contributed by atoms with Crippen molar-refractivity contribution in [3.05, 3.63) is 0 Å². The molecule has 0 unspecified atom stereocenters. The first-order valence-electron chi connectivity index (χ1n) is 8.80. The van der Waals surface area contributed by atoms with Crippen molar-refractivity contribution < 1.29 is 0 Å². The quantitative estimate of drug-likeness (QED) is 0.702. The molecule has 0 atom stereocenters. The first kappa shape index (κ1) is 15.3. The maximum Gasteiger partial charge on any atom is 0.0100 e. The van der Waals surface area contributed by atoms with Crippen molar-refractivity contribution in [2.24, 2.45) is 11.3 Å². The van der Waals surface area contributed by atoms with Gasteiger partial charge in [-0.05, 0) is 76.0 Å². The molecule has 0 spiro atoms. The third-order valence-electron chi connectivity index (χ3n) is 5.93. The summed E-state index contributed by atoms with van der Waals surface area (Å²) in [5, 5.41) is 1.22. The van der Waals surface area contributed by atoms with E-state index in [0.717, 1.165) is 5.92 Å². The number of likely N-dealkylation sites (tertiary alicyclic amines) is 2. The zero-order valence-corrected chi connectivity index (χ0v) is 14.5. The molecule has 2 aliphatic heterocycles. The zero-order chi connectivity index (χ0) is 13.8. The summed E-state index contributed by atoms with van der Waals surface area (Å²) in [5.74, 6) is 0.979. The average Bonchev–Trinajstić information content (AvgIpc) is 3.13. The van der Waals surface area contributed by atoms with Crippen molar-refractivity contribution >= 4 is 15.9 Å². The van der Waals surface area contributed by atoms with Gasteiger partial charge in [-0.1, -0.05) is 28.8 Å². The van der Waals surface area contributed by atoms with Gasteiger partial charge in [0.25, 0.3) is 0 Å². The van der Waals surface area contributed by atoms with Crippen LogP contribution < -0.4 is 0 Å². The lowest BCUT2D eigenvalue weighted by atomic mass is 9.86. The molecule has 0 amide bonds. The summed E-state index contributed by atoms with van der Waals surface area (Å²) in [6.07, 6.45) is 11.6. The molecule has 0 aromatic carbocycles. The van der Waals surface area contributed by atoms with Crippen LogP contribution in [0.3, 0.4) is 0 Å². The fourth-order valence-electron chi connectivity index (χ4n) is 4.59. The number of nitrogens with zero attached hydrogens (tertiary/aromatic N) is 2. The van der Waals surface area contributed by atoms with E-state index in [1.165, 1.54) is 96.0 Å². The highest BCUT2D eigenvalue weighted by Crippen LogP contribution is 2.40. The Hall–Kier alpha value is 0.400. The second-order valence-electron chi connectivity index (χ2n) is 7.57. The second-order valence-corrected chi connectivity index (χ2v) is 8.13. The van der Waals surface area contributed by atoms with Crippen LogP contribution in [0.25, 0.3) is 0 Å². The van der Waals surface area contributed by atoms with E-state index in [9.17, 15) is 0 Å². The molecule has 0 bridgehead atoms. The van der Waals surface area contributed by atoms with Crippen molar-refractivity contribution in [1.29, 1.82) is 0 Å². The van der Waals surface area contributed by atoms with Gasteiger partial charge in [-0.25, -0.2) is 0 Å². The number of hydrogen-bond donors (Lipinski definition) is 0. The molecule has 3 fully saturated rings. The van der Waals surface area contributed by atoms with E-state index in [-0.39, 0.29) is 0 Å². The first-order valence-corrected chi connectivity index (χ1v) is 9.93. The monoisotopic (exact) mass is 342 g/mol. The summed E-state index contributed by atoms with van der Waals surface area (Å²) in [4.78, 5) is 5.48. The van der Waals surface area contributed by atoms with Crippen molar-refractivity contribution in [1.82, 2.24) is 9.80 Å². The summed E-state index contributed by atoms with van der Waals surface area (Å²) in [6.45, 7) is 8.19. The molecule has 2 heterocycles. The Morgan fingerprint density at radius 2 is 1.50 bits per heavy atom. The van der Waals surface area contributed by atoms with Crippen molar-refractivity contribution in [2.45, 2.75) is 51.4 Å². The third kappa shape index (κ3) is 3.78. The van der Waals surface area contributed by atoms with Crippen LogP contribution in [0.4, 0.5) is 0 Å². The summed E-state index contributed by atoms with van der Waals surface area (Å²) in [6, 6.07) is 0. The number of alkyl halides is 1. The van der Waals surface area contributed by atoms with Gasteiger partial charge in [-0.3, -0.25) is 0 Å². The van der Waals surface area contributed by atoms with Gasteiger partial charge < -0.3 is 9.80 Å². The Kier molecular flexibility index (Phi) is 5.44. The van der Waals surface area contributed by atoms with Gasteiger partial charge in [0.1, 0.15) is 0 Å². The van der Waals surface area contributed by atoms with Gasteiger partial charge in [0.2, 0.25) is 0 Å². The molecule has 3 heteroatoms. The Morgan fingerprint density at radius 1 is 0.850 bits per heavy atom. The van der Waals surface area contributed by atoms with Crippen LogP contribution in [-0.2, 0) is 0 Å². The lowest BCUT2D eigenvalue weighted by Crippen LogP contribution is -2.43. The van der Waals surface area contributed by atoms with Gasteiger partial charge in [0, 0.05) is 18.4 Å². The lowest BCUT2D eigenvalue weighted by Gasteiger charge is -2.39. The van der Waals surface area contributed by atoms with Crippen LogP contribution in [0.1, 0.15) is 51.4 Å². The molecule has 0 aromatic rings. The van der Waals surface area contributed by atoms with E-state index in [4.69, 9.17) is 0 Å². The average molecular weight is 343 g/mol. The molecule has 0 radical (unpaired) electrons. The van der Waals surface area contributed by atoms with Crippen molar-refractivity contribution in [2.75, 3.05) is 44.6 Å². The molecule has 2 nitrogen and oxygen atoms in total. The first-order chi connectivity index (χ1) is 9.80. The maximum absolute atomic E-state index is 3.80. The highest BCUT2D eigenvalue weighted by atomic mass is 79.9. The molecular formula is C17H31BrN2. The van der Waals surface area contributed by atoms with E-state index in [0.29, 0.717) is 5.41 Å². The second kappa shape index (κ2) is 7.11. The molecular weight excluding hydrogens is 312 g/mol. The van der Waals surface area contributed by atoms with Gasteiger partial charge in [0.05, 0.1) is 0 Å². The van der Waals surface area contributed by atoms with E-state index in [1.54, 1.807) is 0 Å². The maximum atomic E-state index is 3.80. The Bertz CT molecular complexity index is 287. The van der Waals surface area contributed by atoms with E-state index >= 15 is 0 Å². The molecule has 1 aliphatic carbocycles. The summed E-state index contributed by atoms with van der Waals surface area (Å²) < 4.78 is 0. The molecule has 116 valence electrons. The van der Waals surface area contributed by atoms with Crippen LogP contribution in [0, 0.1) is 11.3 Å². The molecule has 2 saturated heterocycles. The molecule has 0 aromatic heterocycles. The molecule has 3 rings (SSSR count). The fraction of sp³-hybridized carbons (Fsp3) is 1.00. The normalized spacial score (nSPS) is 29.2. The molecule has 1 saturated carbocycles. The Morgan fingerprint density at radius 3 is 2.10 bits per heavy atom. The Balaban J connectivity index is 1.41. The number of rotatable bonds is 5. The van der Waals surface area contributed by atoms with Crippen molar-refractivity contribution in [3.8, 4) is 0 Å². The Labute approximate surface area is 133 Å². The predicted molar refractivity (Wildman–Crippen MR) is 89.5 cm³/mol. The minimum Gasteiger partial charge on any atom is -0.303 e. The van der Waals surface area contributed by atoms with Crippen LogP contribution >= 0.6 is 15.9 Å². The van der Waals surface area contributed by atoms with Gasteiger partial charge in [0.15, 0.2) is 0 Å². The molecule has 3 aliphatic rings. The van der Waals surface area contributed by atoms with E-state index in [2.05, 4.69) is 25.7 Å².